The molecule has 0 spiro atoms. The van der Waals surface area contributed by atoms with Crippen LogP contribution in [0.3, 0.4) is 0 Å². The Labute approximate surface area is 203 Å². The summed E-state index contributed by atoms with van der Waals surface area (Å²) in [5.74, 6) is 1.12. The Morgan fingerprint density at radius 2 is 1.56 bits per heavy atom. The number of aromatic nitrogens is 1. The highest BCUT2D eigenvalue weighted by Crippen LogP contribution is 2.38. The van der Waals surface area contributed by atoms with Crippen LogP contribution >= 0.6 is 11.3 Å². The lowest BCUT2D eigenvalue weighted by atomic mass is 9.95. The van der Waals surface area contributed by atoms with Crippen LogP contribution in [0.1, 0.15) is 44.0 Å². The maximum absolute atomic E-state index is 13.7. The number of fused-ring (bicyclic) bond motifs is 1. The first-order valence-electron chi connectivity index (χ1n) is 11.7. The van der Waals surface area contributed by atoms with Gasteiger partial charge in [-0.1, -0.05) is 0 Å². The van der Waals surface area contributed by atoms with Crippen LogP contribution in [0.15, 0.2) is 42.7 Å². The van der Waals surface area contributed by atoms with Crippen LogP contribution in [0.4, 0.5) is 0 Å². The van der Waals surface area contributed by atoms with Crippen molar-refractivity contribution >= 4 is 23.2 Å². The minimum absolute atomic E-state index is 0.0808. The highest BCUT2D eigenvalue weighted by molar-refractivity contribution is 7.15. The highest BCUT2D eigenvalue weighted by Gasteiger charge is 2.32. The van der Waals surface area contributed by atoms with Gasteiger partial charge in [0, 0.05) is 49.5 Å². The van der Waals surface area contributed by atoms with E-state index in [-0.39, 0.29) is 11.8 Å². The summed E-state index contributed by atoms with van der Waals surface area (Å²) < 4.78 is 12.7. The minimum Gasteiger partial charge on any atom is -0.497 e. The first-order chi connectivity index (χ1) is 16.6. The van der Waals surface area contributed by atoms with Crippen molar-refractivity contribution in [2.45, 2.75) is 25.7 Å². The number of rotatable bonds is 5. The van der Waals surface area contributed by atoms with E-state index in [1.54, 1.807) is 48.7 Å². The van der Waals surface area contributed by atoms with Gasteiger partial charge in [-0.15, -0.1) is 11.3 Å². The first-order valence-corrected chi connectivity index (χ1v) is 12.5. The quantitative estimate of drug-likeness (QED) is 0.554. The number of benzene rings is 1. The number of ether oxygens (including phenoxy) is 2. The van der Waals surface area contributed by atoms with Crippen LogP contribution in [0.25, 0.3) is 5.00 Å². The van der Waals surface area contributed by atoms with Gasteiger partial charge in [0.25, 0.3) is 11.8 Å². The van der Waals surface area contributed by atoms with Gasteiger partial charge in [-0.3, -0.25) is 9.59 Å². The molecule has 1 saturated heterocycles. The SMILES string of the molecule is COc1ccc(C(=O)N2CCN(C(=O)c3c(-n4cccc4)sc4c3CCCC4)CC2)c(OC)c1. The lowest BCUT2D eigenvalue weighted by Crippen LogP contribution is -2.50. The number of amides is 2. The van der Waals surface area contributed by atoms with Gasteiger partial charge in [-0.2, -0.15) is 0 Å². The summed E-state index contributed by atoms with van der Waals surface area (Å²) in [7, 11) is 3.13. The summed E-state index contributed by atoms with van der Waals surface area (Å²) in [6.45, 7) is 2.01. The molecule has 0 N–H and O–H groups in total. The number of methoxy groups -OCH3 is 2. The van der Waals surface area contributed by atoms with E-state index in [1.165, 1.54) is 16.9 Å². The predicted octanol–water partition coefficient (Wildman–Crippen LogP) is 4.03. The van der Waals surface area contributed by atoms with Gasteiger partial charge in [-0.05, 0) is 55.5 Å². The van der Waals surface area contributed by atoms with Crippen LogP contribution < -0.4 is 9.47 Å². The Balaban J connectivity index is 1.34. The van der Waals surface area contributed by atoms with Gasteiger partial charge in [0.15, 0.2) is 0 Å². The smallest absolute Gasteiger partial charge is 0.257 e. The van der Waals surface area contributed by atoms with Crippen molar-refractivity contribution in [2.24, 2.45) is 0 Å². The van der Waals surface area contributed by atoms with Crippen molar-refractivity contribution in [1.29, 1.82) is 0 Å². The zero-order valence-electron chi connectivity index (χ0n) is 19.6. The predicted molar refractivity (Wildman–Crippen MR) is 132 cm³/mol. The molecule has 2 aliphatic rings. The number of carbonyl (C=O) groups excluding carboxylic acids is 2. The van der Waals surface area contributed by atoms with Crippen LogP contribution in [-0.2, 0) is 12.8 Å². The van der Waals surface area contributed by atoms with E-state index in [9.17, 15) is 9.59 Å². The van der Waals surface area contributed by atoms with E-state index >= 15 is 0 Å². The zero-order chi connectivity index (χ0) is 23.7. The summed E-state index contributed by atoms with van der Waals surface area (Å²) in [5, 5.41) is 1.02. The number of carbonyl (C=O) groups is 2. The van der Waals surface area contributed by atoms with Gasteiger partial charge in [0.05, 0.1) is 25.3 Å². The maximum atomic E-state index is 13.7. The van der Waals surface area contributed by atoms with Gasteiger partial charge < -0.3 is 23.8 Å². The number of nitrogens with zero attached hydrogens (tertiary/aromatic N) is 3. The molecule has 5 rings (SSSR count). The minimum atomic E-state index is -0.0902. The van der Waals surface area contributed by atoms with Crippen molar-refractivity contribution in [3.63, 3.8) is 0 Å². The zero-order valence-corrected chi connectivity index (χ0v) is 20.4. The van der Waals surface area contributed by atoms with E-state index in [1.807, 2.05) is 29.4 Å². The fourth-order valence-corrected chi connectivity index (χ4v) is 6.19. The molecule has 0 bridgehead atoms. The van der Waals surface area contributed by atoms with Crippen molar-refractivity contribution in [2.75, 3.05) is 40.4 Å². The molecule has 2 aromatic heterocycles. The molecular formula is C26H29N3O4S. The molecule has 7 nitrogen and oxygen atoms in total. The standard InChI is InChI=1S/C26H29N3O4S/c1-32-18-9-10-19(21(17-18)33-2)24(30)27-13-15-28(16-14-27)25(31)23-20-7-3-4-8-22(20)34-26(23)29-11-5-6-12-29/h5-6,9-12,17H,3-4,7-8,13-16H2,1-2H3. The van der Waals surface area contributed by atoms with Crippen LogP contribution in [0.5, 0.6) is 11.5 Å². The normalized spacial score (nSPS) is 15.7. The largest absolute Gasteiger partial charge is 0.497 e. The Kier molecular flexibility index (Phi) is 6.32. The van der Waals surface area contributed by atoms with Crippen molar-refractivity contribution < 1.29 is 19.1 Å². The second-order valence-corrected chi connectivity index (χ2v) is 9.72. The van der Waals surface area contributed by atoms with Crippen molar-refractivity contribution in [3.8, 4) is 16.5 Å². The third-order valence-electron chi connectivity index (χ3n) is 6.70. The van der Waals surface area contributed by atoms with Crippen molar-refractivity contribution in [3.05, 3.63) is 64.3 Å². The second-order valence-electron chi connectivity index (χ2n) is 8.63. The van der Waals surface area contributed by atoms with Gasteiger partial charge >= 0.3 is 0 Å². The summed E-state index contributed by atoms with van der Waals surface area (Å²) in [6, 6.07) is 9.20. The van der Waals surface area contributed by atoms with E-state index in [0.29, 0.717) is 43.2 Å². The number of piperazine rings is 1. The molecule has 34 heavy (non-hydrogen) atoms. The fourth-order valence-electron chi connectivity index (χ4n) is 4.84. The molecule has 0 radical (unpaired) electrons. The molecule has 3 aromatic rings. The third kappa shape index (κ3) is 4.07. The summed E-state index contributed by atoms with van der Waals surface area (Å²) in [6.07, 6.45) is 8.33. The molecule has 0 atom stereocenters. The molecule has 0 saturated carbocycles. The Morgan fingerprint density at radius 1 is 0.882 bits per heavy atom. The molecule has 3 heterocycles. The lowest BCUT2D eigenvalue weighted by molar-refractivity contribution is 0.0533. The number of hydrogen-bond acceptors (Lipinski definition) is 5. The van der Waals surface area contributed by atoms with Gasteiger partial charge in [0.1, 0.15) is 16.5 Å². The molecular weight excluding hydrogens is 450 g/mol. The number of hydrogen-bond donors (Lipinski definition) is 0. The molecule has 1 aromatic carbocycles. The molecule has 0 unspecified atom stereocenters. The molecule has 1 aliphatic heterocycles. The third-order valence-corrected chi connectivity index (χ3v) is 8.00. The second kappa shape index (κ2) is 9.54. The monoisotopic (exact) mass is 479 g/mol. The van der Waals surface area contributed by atoms with E-state index in [4.69, 9.17) is 9.47 Å². The van der Waals surface area contributed by atoms with Crippen LogP contribution in [0, 0.1) is 0 Å². The summed E-state index contributed by atoms with van der Waals surface area (Å²) >= 11 is 1.75. The molecule has 8 heteroatoms. The molecule has 1 fully saturated rings. The van der Waals surface area contributed by atoms with Crippen molar-refractivity contribution in [1.82, 2.24) is 14.4 Å². The molecule has 2 amide bonds. The van der Waals surface area contributed by atoms with Crippen LogP contribution in [0.2, 0.25) is 0 Å². The number of aryl methyl sites for hydroxylation is 1. The average molecular weight is 480 g/mol. The fraction of sp³-hybridized carbons (Fsp3) is 0.385. The highest BCUT2D eigenvalue weighted by atomic mass is 32.1. The topological polar surface area (TPSA) is 64.0 Å². The summed E-state index contributed by atoms with van der Waals surface area (Å²) in [4.78, 5) is 32.0. The Morgan fingerprint density at radius 3 is 2.24 bits per heavy atom. The van der Waals surface area contributed by atoms with Crippen LogP contribution in [-0.4, -0.2) is 66.6 Å². The average Bonchev–Trinajstić information content (AvgIpc) is 3.55. The van der Waals surface area contributed by atoms with E-state index < -0.39 is 0 Å². The van der Waals surface area contributed by atoms with Gasteiger partial charge in [0.2, 0.25) is 0 Å². The molecule has 178 valence electrons. The summed E-state index contributed by atoms with van der Waals surface area (Å²) in [5.41, 5.74) is 2.59. The maximum Gasteiger partial charge on any atom is 0.257 e. The Bertz CT molecular complexity index is 1190. The Hall–Kier alpha value is -3.26. The van der Waals surface area contributed by atoms with Gasteiger partial charge in [-0.25, -0.2) is 0 Å². The first kappa shape index (κ1) is 22.5. The van der Waals surface area contributed by atoms with E-state index in [2.05, 4.69) is 4.57 Å². The lowest BCUT2D eigenvalue weighted by Gasteiger charge is -2.35. The number of thiophene rings is 1. The molecule has 1 aliphatic carbocycles. The van der Waals surface area contributed by atoms with E-state index in [0.717, 1.165) is 29.8 Å².